The molecule has 1 aromatic rings. The Hall–Kier alpha value is -1.50. The van der Waals surface area contributed by atoms with Crippen molar-refractivity contribution in [1.29, 1.82) is 0 Å². The maximum absolute atomic E-state index is 12.6. The minimum Gasteiger partial charge on any atom is -0.403 e. The van der Waals surface area contributed by atoms with E-state index in [1.807, 2.05) is 30.3 Å². The third-order valence-electron chi connectivity index (χ3n) is 5.33. The standard InChI is InChI=1S/C18H23N3O2S/c1-13-17(14-7-10-20(13)11-8-14)19-18(22)15-3-5-16(6-4-15)24-21-9-2-12-23-21/h2-6,12-14,17H,7-11H2,1H3,(H,19,22)/t13-,17-/m0/s1. The Bertz CT molecular complexity index is 616. The predicted octanol–water partition coefficient (Wildman–Crippen LogP) is 2.67. The summed E-state index contributed by atoms with van der Waals surface area (Å²) in [6, 6.07) is 8.46. The van der Waals surface area contributed by atoms with Gasteiger partial charge in [0.1, 0.15) is 6.26 Å². The van der Waals surface area contributed by atoms with Gasteiger partial charge in [0.25, 0.3) is 5.91 Å². The van der Waals surface area contributed by atoms with Crippen LogP contribution in [0.1, 0.15) is 30.1 Å². The fourth-order valence-corrected chi connectivity index (χ4v) is 4.65. The Morgan fingerprint density at radius 2 is 2.00 bits per heavy atom. The van der Waals surface area contributed by atoms with Crippen LogP contribution in [-0.2, 0) is 4.84 Å². The molecule has 128 valence electrons. The highest BCUT2D eigenvalue weighted by Gasteiger charge is 2.40. The molecule has 5 rings (SSSR count). The van der Waals surface area contributed by atoms with Gasteiger partial charge >= 0.3 is 0 Å². The van der Waals surface area contributed by atoms with Gasteiger partial charge in [-0.05, 0) is 81.1 Å². The molecule has 0 radical (unpaired) electrons. The van der Waals surface area contributed by atoms with Gasteiger partial charge in [-0.1, -0.05) is 4.47 Å². The number of rotatable bonds is 4. The second-order valence-electron chi connectivity index (χ2n) is 6.72. The molecule has 0 spiro atoms. The highest BCUT2D eigenvalue weighted by Crippen LogP contribution is 2.32. The number of hydroxylamine groups is 1. The molecule has 1 amide bonds. The van der Waals surface area contributed by atoms with Gasteiger partial charge < -0.3 is 10.2 Å². The zero-order chi connectivity index (χ0) is 16.5. The summed E-state index contributed by atoms with van der Waals surface area (Å²) in [6.07, 6.45) is 6.05. The summed E-state index contributed by atoms with van der Waals surface area (Å²) < 4.78 is 1.80. The number of fused-ring (bicyclic) bond motifs is 3. The zero-order valence-electron chi connectivity index (χ0n) is 13.9. The topological polar surface area (TPSA) is 44.8 Å². The van der Waals surface area contributed by atoms with Crippen molar-refractivity contribution in [3.05, 3.63) is 42.2 Å². The van der Waals surface area contributed by atoms with E-state index in [1.165, 1.54) is 37.9 Å². The van der Waals surface area contributed by atoms with Gasteiger partial charge in [0.05, 0.1) is 6.54 Å². The molecule has 2 atom stereocenters. The zero-order valence-corrected chi connectivity index (χ0v) is 14.7. The number of hydrogen-bond donors (Lipinski definition) is 1. The quantitative estimate of drug-likeness (QED) is 0.850. The maximum atomic E-state index is 12.6. The highest BCUT2D eigenvalue weighted by atomic mass is 32.2. The van der Waals surface area contributed by atoms with Crippen LogP contribution in [0.2, 0.25) is 0 Å². The largest absolute Gasteiger partial charge is 0.403 e. The first-order chi connectivity index (χ1) is 11.7. The van der Waals surface area contributed by atoms with E-state index in [9.17, 15) is 4.79 Å². The summed E-state index contributed by atoms with van der Waals surface area (Å²) >= 11 is 1.53. The van der Waals surface area contributed by atoms with Crippen LogP contribution in [0.25, 0.3) is 0 Å². The fourth-order valence-electron chi connectivity index (χ4n) is 3.91. The summed E-state index contributed by atoms with van der Waals surface area (Å²) in [6.45, 7) is 5.36. The molecule has 6 heteroatoms. The molecule has 1 aromatic carbocycles. The molecule has 1 N–H and O–H groups in total. The van der Waals surface area contributed by atoms with Crippen LogP contribution < -0.4 is 5.32 Å². The molecule has 4 aliphatic rings. The first-order valence-electron chi connectivity index (χ1n) is 8.63. The minimum atomic E-state index is 0.0382. The lowest BCUT2D eigenvalue weighted by Gasteiger charge is -2.49. The van der Waals surface area contributed by atoms with Gasteiger partial charge in [0.15, 0.2) is 0 Å². The first-order valence-corrected chi connectivity index (χ1v) is 9.40. The lowest BCUT2D eigenvalue weighted by Crippen LogP contribution is -2.62. The number of piperidine rings is 3. The van der Waals surface area contributed by atoms with Crippen LogP contribution >= 0.6 is 11.9 Å². The highest BCUT2D eigenvalue weighted by molar-refractivity contribution is 7.97. The van der Waals surface area contributed by atoms with Crippen molar-refractivity contribution >= 4 is 17.9 Å². The summed E-state index contributed by atoms with van der Waals surface area (Å²) in [5.74, 6) is 0.667. The monoisotopic (exact) mass is 345 g/mol. The van der Waals surface area contributed by atoms with Gasteiger partial charge in [-0.3, -0.25) is 9.69 Å². The molecule has 24 heavy (non-hydrogen) atoms. The van der Waals surface area contributed by atoms with Crippen molar-refractivity contribution in [3.63, 3.8) is 0 Å². The Morgan fingerprint density at radius 3 is 2.62 bits per heavy atom. The Labute approximate surface area is 147 Å². The van der Waals surface area contributed by atoms with E-state index in [-0.39, 0.29) is 11.9 Å². The predicted molar refractivity (Wildman–Crippen MR) is 94.2 cm³/mol. The van der Waals surface area contributed by atoms with E-state index in [0.29, 0.717) is 12.0 Å². The van der Waals surface area contributed by atoms with Crippen molar-refractivity contribution in [3.8, 4) is 0 Å². The van der Waals surface area contributed by atoms with Crippen LogP contribution in [0.4, 0.5) is 0 Å². The van der Waals surface area contributed by atoms with Gasteiger partial charge in [-0.15, -0.1) is 0 Å². The lowest BCUT2D eigenvalue weighted by atomic mass is 9.79. The van der Waals surface area contributed by atoms with Crippen LogP contribution in [0.3, 0.4) is 0 Å². The second kappa shape index (κ2) is 6.78. The minimum absolute atomic E-state index is 0.0382. The summed E-state index contributed by atoms with van der Waals surface area (Å²) in [5, 5.41) is 3.28. The van der Waals surface area contributed by atoms with E-state index in [4.69, 9.17) is 4.84 Å². The number of nitrogens with zero attached hydrogens (tertiary/aromatic N) is 2. The molecule has 4 heterocycles. The van der Waals surface area contributed by atoms with Crippen LogP contribution in [0.5, 0.6) is 0 Å². The molecular weight excluding hydrogens is 322 g/mol. The lowest BCUT2D eigenvalue weighted by molar-refractivity contribution is 0.0217. The van der Waals surface area contributed by atoms with E-state index < -0.39 is 0 Å². The fraction of sp³-hybridized carbons (Fsp3) is 0.500. The van der Waals surface area contributed by atoms with Gasteiger partial charge in [0.2, 0.25) is 0 Å². The second-order valence-corrected chi connectivity index (χ2v) is 7.78. The molecule has 0 unspecified atom stereocenters. The third-order valence-corrected chi connectivity index (χ3v) is 6.25. The molecule has 3 saturated heterocycles. The van der Waals surface area contributed by atoms with Crippen LogP contribution in [-0.4, -0.2) is 47.0 Å². The van der Waals surface area contributed by atoms with Crippen molar-refractivity contribution in [2.24, 2.45) is 5.92 Å². The number of benzene rings is 1. The molecule has 0 aliphatic carbocycles. The van der Waals surface area contributed by atoms with Gasteiger partial charge in [0, 0.05) is 22.5 Å². The molecule has 3 fully saturated rings. The van der Waals surface area contributed by atoms with Crippen molar-refractivity contribution in [2.75, 3.05) is 19.6 Å². The molecular formula is C18H23N3O2S. The van der Waals surface area contributed by atoms with Crippen LogP contribution in [0.15, 0.2) is 41.5 Å². The maximum Gasteiger partial charge on any atom is 0.251 e. The average Bonchev–Trinajstić information content (AvgIpc) is 3.12. The van der Waals surface area contributed by atoms with E-state index >= 15 is 0 Å². The van der Waals surface area contributed by atoms with E-state index in [0.717, 1.165) is 17.0 Å². The number of hydrogen-bond acceptors (Lipinski definition) is 5. The first kappa shape index (κ1) is 16.0. The van der Waals surface area contributed by atoms with Gasteiger partial charge in [-0.2, -0.15) is 0 Å². The number of nitrogens with one attached hydrogen (secondary N) is 1. The van der Waals surface area contributed by atoms with Crippen LogP contribution in [0, 0.1) is 5.92 Å². The Balaban J connectivity index is 1.37. The number of amides is 1. The Kier molecular flexibility index (Phi) is 4.52. The molecule has 0 aromatic heterocycles. The van der Waals surface area contributed by atoms with E-state index in [2.05, 4.69) is 17.1 Å². The summed E-state index contributed by atoms with van der Waals surface area (Å²) in [7, 11) is 0. The molecule has 4 aliphatic heterocycles. The third kappa shape index (κ3) is 3.18. The Morgan fingerprint density at radius 1 is 1.25 bits per heavy atom. The smallest absolute Gasteiger partial charge is 0.251 e. The summed E-state index contributed by atoms with van der Waals surface area (Å²) in [4.78, 5) is 21.5. The SMILES string of the molecule is C[C@H]1[C@H](NC(=O)c2ccc(SN3CC=CO3)cc2)C2CCN1CC2. The van der Waals surface area contributed by atoms with E-state index in [1.54, 1.807) is 10.7 Å². The normalized spacial score (nSPS) is 31.9. The van der Waals surface area contributed by atoms with Crippen molar-refractivity contribution in [1.82, 2.24) is 14.7 Å². The molecule has 5 nitrogen and oxygen atoms in total. The molecule has 2 bridgehead atoms. The summed E-state index contributed by atoms with van der Waals surface area (Å²) in [5.41, 5.74) is 0.725. The van der Waals surface area contributed by atoms with Crippen molar-refractivity contribution < 1.29 is 9.63 Å². The average molecular weight is 345 g/mol. The number of carbonyl (C=O) groups is 1. The van der Waals surface area contributed by atoms with Crippen molar-refractivity contribution in [2.45, 2.75) is 36.7 Å². The number of carbonyl (C=O) groups excluding carboxylic acids is 1. The van der Waals surface area contributed by atoms with Gasteiger partial charge in [-0.25, -0.2) is 0 Å². The molecule has 0 saturated carbocycles.